The average Bonchev–Trinajstić information content (AvgIpc) is 2.44. The third kappa shape index (κ3) is 0.766. The molecule has 0 aliphatic heterocycles. The van der Waals surface area contributed by atoms with Crippen LogP contribution < -0.4 is 5.73 Å². The Hall–Kier alpha value is -0.720. The first-order valence-corrected chi connectivity index (χ1v) is 3.18. The highest BCUT2D eigenvalue weighted by atomic mass is 14.7. The maximum absolute atomic E-state index is 5.56. The molecular formula is C8H13N. The van der Waals surface area contributed by atoms with Crippen molar-refractivity contribution >= 4 is 0 Å². The Kier molecular flexibility index (Phi) is 1.16. The number of nitrogens with two attached hydrogens (primary N) is 1. The molecular weight excluding hydrogens is 110 g/mol. The van der Waals surface area contributed by atoms with E-state index in [0.29, 0.717) is 5.92 Å². The van der Waals surface area contributed by atoms with Gasteiger partial charge in [-0.15, -0.1) is 6.58 Å². The molecule has 2 N–H and O–H groups in total. The molecule has 0 aromatic rings. The van der Waals surface area contributed by atoms with E-state index in [1.807, 2.05) is 6.08 Å². The molecule has 9 heavy (non-hydrogen) atoms. The van der Waals surface area contributed by atoms with Crippen molar-refractivity contribution < 1.29 is 0 Å². The molecule has 1 aliphatic carbocycles. The van der Waals surface area contributed by atoms with Crippen LogP contribution in [0.1, 0.15) is 13.3 Å². The summed E-state index contributed by atoms with van der Waals surface area (Å²) >= 11 is 0. The molecule has 1 fully saturated rings. The molecule has 0 aromatic heterocycles. The zero-order chi connectivity index (χ0) is 7.07. The Morgan fingerprint density at radius 2 is 2.44 bits per heavy atom. The van der Waals surface area contributed by atoms with Crippen molar-refractivity contribution in [3.63, 3.8) is 0 Å². The lowest BCUT2D eigenvalue weighted by molar-refractivity contribution is 0.639. The van der Waals surface area contributed by atoms with Gasteiger partial charge >= 0.3 is 0 Å². The summed E-state index contributed by atoms with van der Waals surface area (Å²) in [4.78, 5) is 0. The van der Waals surface area contributed by atoms with Crippen LogP contribution in [0.5, 0.6) is 0 Å². The van der Waals surface area contributed by atoms with E-state index in [2.05, 4.69) is 20.1 Å². The molecule has 0 saturated heterocycles. The molecule has 0 radical (unpaired) electrons. The average molecular weight is 123 g/mol. The van der Waals surface area contributed by atoms with E-state index in [-0.39, 0.29) is 5.41 Å². The van der Waals surface area contributed by atoms with Crippen molar-refractivity contribution in [2.75, 3.05) is 0 Å². The molecule has 2 unspecified atom stereocenters. The van der Waals surface area contributed by atoms with Gasteiger partial charge in [-0.3, -0.25) is 0 Å². The smallest absolute Gasteiger partial charge is 0.0133 e. The third-order valence-electron chi connectivity index (χ3n) is 2.32. The first-order chi connectivity index (χ1) is 4.11. The monoisotopic (exact) mass is 123 g/mol. The summed E-state index contributed by atoms with van der Waals surface area (Å²) in [6.45, 7) is 9.55. The van der Waals surface area contributed by atoms with Crippen molar-refractivity contribution in [3.05, 3.63) is 24.9 Å². The van der Waals surface area contributed by atoms with Crippen molar-refractivity contribution in [1.29, 1.82) is 0 Å². The first kappa shape index (κ1) is 6.40. The molecule has 50 valence electrons. The molecule has 1 nitrogen and oxygen atoms in total. The van der Waals surface area contributed by atoms with Gasteiger partial charge in [-0.25, -0.2) is 0 Å². The summed E-state index contributed by atoms with van der Waals surface area (Å²) in [5.41, 5.74) is 6.54. The second-order valence-electron chi connectivity index (χ2n) is 2.99. The van der Waals surface area contributed by atoms with Gasteiger partial charge in [-0.05, 0) is 12.3 Å². The van der Waals surface area contributed by atoms with Crippen LogP contribution in [0.3, 0.4) is 0 Å². The normalized spacial score (nSPS) is 39.9. The summed E-state index contributed by atoms with van der Waals surface area (Å²) in [5, 5.41) is 0. The van der Waals surface area contributed by atoms with Gasteiger partial charge in [0, 0.05) is 11.1 Å². The Morgan fingerprint density at radius 3 is 2.56 bits per heavy atom. The van der Waals surface area contributed by atoms with Crippen LogP contribution in [0.15, 0.2) is 24.9 Å². The molecule has 0 bridgehead atoms. The topological polar surface area (TPSA) is 26.0 Å². The molecule has 0 aromatic carbocycles. The maximum atomic E-state index is 5.56. The van der Waals surface area contributed by atoms with Crippen molar-refractivity contribution in [2.24, 2.45) is 17.1 Å². The minimum atomic E-state index is 0.182. The number of rotatable bonds is 2. The van der Waals surface area contributed by atoms with Crippen molar-refractivity contribution in [1.82, 2.24) is 0 Å². The van der Waals surface area contributed by atoms with Crippen LogP contribution in [0.25, 0.3) is 0 Å². The highest BCUT2D eigenvalue weighted by Crippen LogP contribution is 2.55. The Morgan fingerprint density at radius 1 is 1.89 bits per heavy atom. The van der Waals surface area contributed by atoms with Gasteiger partial charge in [0.15, 0.2) is 0 Å². The second-order valence-corrected chi connectivity index (χ2v) is 2.99. The van der Waals surface area contributed by atoms with Crippen LogP contribution in [0, 0.1) is 11.3 Å². The summed E-state index contributed by atoms with van der Waals surface area (Å²) in [6.07, 6.45) is 3.09. The van der Waals surface area contributed by atoms with Gasteiger partial charge in [0.2, 0.25) is 0 Å². The predicted molar refractivity (Wildman–Crippen MR) is 39.7 cm³/mol. The highest BCUT2D eigenvalue weighted by Gasteiger charge is 2.49. The fourth-order valence-corrected chi connectivity index (χ4v) is 1.11. The van der Waals surface area contributed by atoms with E-state index < -0.39 is 0 Å². The van der Waals surface area contributed by atoms with Gasteiger partial charge in [0.25, 0.3) is 0 Å². The molecule has 1 rings (SSSR count). The molecule has 0 amide bonds. The quantitative estimate of drug-likeness (QED) is 0.555. The van der Waals surface area contributed by atoms with Crippen LogP contribution in [0.4, 0.5) is 0 Å². The molecule has 1 saturated carbocycles. The van der Waals surface area contributed by atoms with Crippen LogP contribution in [-0.2, 0) is 0 Å². The van der Waals surface area contributed by atoms with E-state index in [4.69, 9.17) is 5.73 Å². The fraction of sp³-hybridized carbons (Fsp3) is 0.500. The number of hydrogen-bond acceptors (Lipinski definition) is 1. The molecule has 0 spiro atoms. The fourth-order valence-electron chi connectivity index (χ4n) is 1.11. The largest absolute Gasteiger partial charge is 0.402 e. The van der Waals surface area contributed by atoms with Crippen LogP contribution in [-0.4, -0.2) is 0 Å². The van der Waals surface area contributed by atoms with Gasteiger partial charge < -0.3 is 5.73 Å². The SMILES string of the molecule is C=CC1CC1(C)C(=C)N. The van der Waals surface area contributed by atoms with Crippen molar-refractivity contribution in [2.45, 2.75) is 13.3 Å². The molecule has 1 heteroatoms. The Bertz CT molecular complexity index is 160. The lowest BCUT2D eigenvalue weighted by atomic mass is 10.0. The van der Waals surface area contributed by atoms with E-state index in [0.717, 1.165) is 12.1 Å². The number of hydrogen-bond donors (Lipinski definition) is 1. The number of allylic oxidation sites excluding steroid dienone is 2. The highest BCUT2D eigenvalue weighted by molar-refractivity contribution is 5.22. The minimum Gasteiger partial charge on any atom is -0.402 e. The van der Waals surface area contributed by atoms with E-state index in [1.54, 1.807) is 0 Å². The molecule has 1 aliphatic rings. The van der Waals surface area contributed by atoms with Crippen LogP contribution >= 0.6 is 0 Å². The maximum Gasteiger partial charge on any atom is 0.0133 e. The zero-order valence-corrected chi connectivity index (χ0v) is 5.85. The van der Waals surface area contributed by atoms with E-state index in [9.17, 15) is 0 Å². The van der Waals surface area contributed by atoms with Gasteiger partial charge in [0.1, 0.15) is 0 Å². The summed E-state index contributed by atoms with van der Waals surface area (Å²) in [7, 11) is 0. The predicted octanol–water partition coefficient (Wildman–Crippen LogP) is 1.67. The lowest BCUT2D eigenvalue weighted by Crippen LogP contribution is -2.09. The standard InChI is InChI=1S/C8H13N/c1-4-7-5-8(7,3)6(2)9/h4,7H,1-2,5,9H2,3H3. The lowest BCUT2D eigenvalue weighted by Gasteiger charge is -2.06. The summed E-state index contributed by atoms with van der Waals surface area (Å²) in [5.74, 6) is 0.579. The first-order valence-electron chi connectivity index (χ1n) is 3.18. The van der Waals surface area contributed by atoms with Gasteiger partial charge in [-0.1, -0.05) is 19.6 Å². The third-order valence-corrected chi connectivity index (χ3v) is 2.32. The Balaban J connectivity index is 2.62. The molecule has 2 atom stereocenters. The summed E-state index contributed by atoms with van der Waals surface area (Å²) < 4.78 is 0. The molecule has 0 heterocycles. The second kappa shape index (κ2) is 1.63. The zero-order valence-electron chi connectivity index (χ0n) is 5.85. The van der Waals surface area contributed by atoms with Gasteiger partial charge in [0.05, 0.1) is 0 Å². The van der Waals surface area contributed by atoms with E-state index in [1.165, 1.54) is 0 Å². The van der Waals surface area contributed by atoms with Crippen LogP contribution in [0.2, 0.25) is 0 Å². The van der Waals surface area contributed by atoms with E-state index >= 15 is 0 Å². The van der Waals surface area contributed by atoms with Gasteiger partial charge in [-0.2, -0.15) is 0 Å². The van der Waals surface area contributed by atoms with Crippen molar-refractivity contribution in [3.8, 4) is 0 Å². The minimum absolute atomic E-state index is 0.182. The Labute approximate surface area is 56.2 Å². The summed E-state index contributed by atoms with van der Waals surface area (Å²) in [6, 6.07) is 0.